The molecular weight excluding hydrogens is 238 g/mol. The van der Waals surface area contributed by atoms with Crippen molar-refractivity contribution in [2.45, 2.75) is 32.2 Å². The third kappa shape index (κ3) is 3.56. The van der Waals surface area contributed by atoms with Gasteiger partial charge in [-0.3, -0.25) is 0 Å². The van der Waals surface area contributed by atoms with E-state index < -0.39 is 0 Å². The van der Waals surface area contributed by atoms with Crippen molar-refractivity contribution in [3.63, 3.8) is 0 Å². The van der Waals surface area contributed by atoms with Gasteiger partial charge in [0.1, 0.15) is 5.82 Å². The maximum absolute atomic E-state index is 4.67. The standard InChI is InChI=1S/C14H25N5/c1-4-15-11-12-7-5-6-10-19(12)13-8-9-16-14(17-13)18(2)3/h8-9,12,15H,4-7,10-11H2,1-3H3. The normalized spacial score (nSPS) is 19.5. The predicted molar refractivity (Wildman–Crippen MR) is 79.9 cm³/mol. The number of hydrogen-bond acceptors (Lipinski definition) is 5. The summed E-state index contributed by atoms with van der Waals surface area (Å²) in [6.45, 7) is 5.32. The molecule has 0 spiro atoms. The van der Waals surface area contributed by atoms with E-state index in [0.29, 0.717) is 6.04 Å². The highest BCUT2D eigenvalue weighted by atomic mass is 15.3. The quantitative estimate of drug-likeness (QED) is 0.872. The minimum Gasteiger partial charge on any atom is -0.352 e. The highest BCUT2D eigenvalue weighted by Gasteiger charge is 2.23. The summed E-state index contributed by atoms with van der Waals surface area (Å²) in [7, 11) is 3.96. The second kappa shape index (κ2) is 6.70. The van der Waals surface area contributed by atoms with Crippen LogP contribution in [-0.4, -0.2) is 49.7 Å². The molecule has 1 aliphatic rings. The molecule has 2 rings (SSSR count). The molecule has 1 aromatic rings. The maximum atomic E-state index is 4.67. The minimum absolute atomic E-state index is 0.554. The second-order valence-electron chi connectivity index (χ2n) is 5.26. The van der Waals surface area contributed by atoms with Gasteiger partial charge in [-0.1, -0.05) is 6.92 Å². The number of anilines is 2. The molecule has 1 unspecified atom stereocenters. The molecule has 2 heterocycles. The Hall–Kier alpha value is -1.36. The number of piperidine rings is 1. The zero-order chi connectivity index (χ0) is 13.7. The van der Waals surface area contributed by atoms with Crippen LogP contribution in [0.4, 0.5) is 11.8 Å². The van der Waals surface area contributed by atoms with E-state index in [4.69, 9.17) is 0 Å². The Morgan fingerprint density at radius 1 is 1.42 bits per heavy atom. The molecule has 0 saturated carbocycles. The van der Waals surface area contributed by atoms with Crippen LogP contribution in [0.3, 0.4) is 0 Å². The van der Waals surface area contributed by atoms with Crippen LogP contribution in [-0.2, 0) is 0 Å². The summed E-state index contributed by atoms with van der Waals surface area (Å²) < 4.78 is 0. The Morgan fingerprint density at radius 2 is 2.26 bits per heavy atom. The monoisotopic (exact) mass is 263 g/mol. The molecule has 0 aliphatic carbocycles. The maximum Gasteiger partial charge on any atom is 0.226 e. The summed E-state index contributed by atoms with van der Waals surface area (Å²) >= 11 is 0. The summed E-state index contributed by atoms with van der Waals surface area (Å²) in [5, 5.41) is 3.46. The number of nitrogens with zero attached hydrogens (tertiary/aromatic N) is 4. The SMILES string of the molecule is CCNCC1CCCCN1c1ccnc(N(C)C)n1. The molecule has 106 valence electrons. The van der Waals surface area contributed by atoms with Crippen molar-refractivity contribution in [1.82, 2.24) is 15.3 Å². The van der Waals surface area contributed by atoms with Crippen molar-refractivity contribution >= 4 is 11.8 Å². The van der Waals surface area contributed by atoms with E-state index >= 15 is 0 Å². The van der Waals surface area contributed by atoms with Crippen molar-refractivity contribution in [3.05, 3.63) is 12.3 Å². The van der Waals surface area contributed by atoms with Crippen LogP contribution in [0.25, 0.3) is 0 Å². The van der Waals surface area contributed by atoms with Crippen LogP contribution >= 0.6 is 0 Å². The van der Waals surface area contributed by atoms with Crippen molar-refractivity contribution in [3.8, 4) is 0 Å². The van der Waals surface area contributed by atoms with Crippen molar-refractivity contribution < 1.29 is 0 Å². The average Bonchev–Trinajstić information content (AvgIpc) is 2.45. The molecule has 0 bridgehead atoms. The molecule has 0 aromatic carbocycles. The first-order chi connectivity index (χ1) is 9.22. The number of nitrogens with one attached hydrogen (secondary N) is 1. The Bertz CT molecular complexity index is 393. The highest BCUT2D eigenvalue weighted by molar-refractivity contribution is 5.44. The Morgan fingerprint density at radius 3 is 3.00 bits per heavy atom. The largest absolute Gasteiger partial charge is 0.352 e. The minimum atomic E-state index is 0.554. The van der Waals surface area contributed by atoms with Crippen LogP contribution in [0.1, 0.15) is 26.2 Å². The van der Waals surface area contributed by atoms with E-state index in [-0.39, 0.29) is 0 Å². The Balaban J connectivity index is 2.14. The third-order valence-corrected chi connectivity index (χ3v) is 3.58. The van der Waals surface area contributed by atoms with Gasteiger partial charge in [-0.25, -0.2) is 4.98 Å². The molecule has 1 aliphatic heterocycles. The molecule has 5 heteroatoms. The zero-order valence-corrected chi connectivity index (χ0v) is 12.3. The van der Waals surface area contributed by atoms with Gasteiger partial charge >= 0.3 is 0 Å². The van der Waals surface area contributed by atoms with Gasteiger partial charge in [-0.2, -0.15) is 4.98 Å². The van der Waals surface area contributed by atoms with Crippen molar-refractivity contribution in [2.75, 3.05) is 43.5 Å². The van der Waals surface area contributed by atoms with E-state index in [1.165, 1.54) is 19.3 Å². The van der Waals surface area contributed by atoms with Crippen LogP contribution in [0.2, 0.25) is 0 Å². The average molecular weight is 263 g/mol. The summed E-state index contributed by atoms with van der Waals surface area (Å²) in [5.41, 5.74) is 0. The number of aromatic nitrogens is 2. The zero-order valence-electron chi connectivity index (χ0n) is 12.3. The van der Waals surface area contributed by atoms with Gasteiger partial charge in [-0.05, 0) is 31.9 Å². The molecule has 19 heavy (non-hydrogen) atoms. The topological polar surface area (TPSA) is 44.3 Å². The molecule has 1 saturated heterocycles. The fraction of sp³-hybridized carbons (Fsp3) is 0.714. The smallest absolute Gasteiger partial charge is 0.226 e. The van der Waals surface area contributed by atoms with E-state index in [0.717, 1.165) is 31.4 Å². The second-order valence-corrected chi connectivity index (χ2v) is 5.26. The highest BCUT2D eigenvalue weighted by Crippen LogP contribution is 2.23. The van der Waals surface area contributed by atoms with Crippen molar-refractivity contribution in [1.29, 1.82) is 0 Å². The van der Waals surface area contributed by atoms with Gasteiger partial charge in [0.2, 0.25) is 5.95 Å². The molecule has 1 fully saturated rings. The summed E-state index contributed by atoms with van der Waals surface area (Å²) in [5.74, 6) is 1.84. The van der Waals surface area contributed by atoms with E-state index in [9.17, 15) is 0 Å². The van der Waals surface area contributed by atoms with Gasteiger partial charge in [0.15, 0.2) is 0 Å². The fourth-order valence-corrected chi connectivity index (χ4v) is 2.54. The van der Waals surface area contributed by atoms with Gasteiger partial charge in [0.25, 0.3) is 0 Å². The molecule has 1 N–H and O–H groups in total. The van der Waals surface area contributed by atoms with E-state index in [2.05, 4.69) is 27.1 Å². The van der Waals surface area contributed by atoms with Gasteiger partial charge in [0, 0.05) is 39.4 Å². The first-order valence-corrected chi connectivity index (χ1v) is 7.20. The summed E-state index contributed by atoms with van der Waals surface area (Å²) in [6.07, 6.45) is 5.67. The molecule has 5 nitrogen and oxygen atoms in total. The van der Waals surface area contributed by atoms with Gasteiger partial charge in [-0.15, -0.1) is 0 Å². The van der Waals surface area contributed by atoms with Crippen molar-refractivity contribution in [2.24, 2.45) is 0 Å². The number of hydrogen-bond donors (Lipinski definition) is 1. The number of likely N-dealkylation sites (N-methyl/N-ethyl adjacent to an activating group) is 1. The molecule has 1 atom stereocenters. The Kier molecular flexibility index (Phi) is 4.96. The predicted octanol–water partition coefficient (Wildman–Crippen LogP) is 1.51. The third-order valence-electron chi connectivity index (χ3n) is 3.58. The van der Waals surface area contributed by atoms with Crippen LogP contribution < -0.4 is 15.1 Å². The molecule has 0 radical (unpaired) electrons. The van der Waals surface area contributed by atoms with Gasteiger partial charge in [0.05, 0.1) is 0 Å². The summed E-state index contributed by atoms with van der Waals surface area (Å²) in [4.78, 5) is 13.3. The first kappa shape index (κ1) is 14.1. The van der Waals surface area contributed by atoms with Crippen LogP contribution in [0.15, 0.2) is 12.3 Å². The summed E-state index contributed by atoms with van der Waals surface area (Å²) in [6, 6.07) is 2.58. The fourth-order valence-electron chi connectivity index (χ4n) is 2.54. The van der Waals surface area contributed by atoms with Crippen LogP contribution in [0.5, 0.6) is 0 Å². The van der Waals surface area contributed by atoms with E-state index in [1.54, 1.807) is 0 Å². The lowest BCUT2D eigenvalue weighted by Crippen LogP contribution is -2.46. The number of rotatable bonds is 5. The Labute approximate surface area is 116 Å². The van der Waals surface area contributed by atoms with E-state index in [1.807, 2.05) is 31.3 Å². The molecule has 0 amide bonds. The molecular formula is C14H25N5. The molecule has 1 aromatic heterocycles. The van der Waals surface area contributed by atoms with Crippen LogP contribution in [0, 0.1) is 0 Å². The lowest BCUT2D eigenvalue weighted by atomic mass is 10.0. The van der Waals surface area contributed by atoms with Gasteiger partial charge < -0.3 is 15.1 Å². The first-order valence-electron chi connectivity index (χ1n) is 7.20. The lowest BCUT2D eigenvalue weighted by Gasteiger charge is -2.37. The lowest BCUT2D eigenvalue weighted by molar-refractivity contribution is 0.436.